The van der Waals surface area contributed by atoms with Crippen LogP contribution >= 0.6 is 0 Å². The summed E-state index contributed by atoms with van der Waals surface area (Å²) in [4.78, 5) is 28.1. The summed E-state index contributed by atoms with van der Waals surface area (Å²) in [6.45, 7) is 1.65. The molecule has 0 aliphatic carbocycles. The van der Waals surface area contributed by atoms with Crippen molar-refractivity contribution >= 4 is 21.8 Å². The van der Waals surface area contributed by atoms with Crippen LogP contribution in [0.2, 0.25) is 0 Å². The number of nitrogens with zero attached hydrogens (tertiary/aromatic N) is 2. The monoisotopic (exact) mass is 325 g/mol. The quantitative estimate of drug-likeness (QED) is 0.716. The average Bonchev–Trinajstić information content (AvgIpc) is 2.76. The van der Waals surface area contributed by atoms with Gasteiger partial charge in [-0.15, -0.1) is 0 Å². The summed E-state index contributed by atoms with van der Waals surface area (Å²) >= 11 is 0. The minimum Gasteiger partial charge on any atom is -0.282 e. The van der Waals surface area contributed by atoms with Crippen LogP contribution in [0.3, 0.4) is 0 Å². The van der Waals surface area contributed by atoms with Crippen molar-refractivity contribution in [2.24, 2.45) is 0 Å². The number of carbonyl (C=O) groups is 2. The summed E-state index contributed by atoms with van der Waals surface area (Å²) in [6.07, 6.45) is 2.47. The van der Waals surface area contributed by atoms with Crippen LogP contribution in [0, 0.1) is 0 Å². The van der Waals surface area contributed by atoms with Crippen molar-refractivity contribution in [1.82, 2.24) is 14.6 Å². The van der Waals surface area contributed by atoms with Crippen molar-refractivity contribution in [2.45, 2.75) is 32.2 Å². The molecule has 7 nitrogen and oxygen atoms in total. The molecule has 0 unspecified atom stereocenters. The van der Waals surface area contributed by atoms with Gasteiger partial charge in [0.15, 0.2) is 0 Å². The molecule has 2 rings (SSSR count). The lowest BCUT2D eigenvalue weighted by Crippen LogP contribution is -2.40. The second kappa shape index (κ2) is 6.97. The van der Waals surface area contributed by atoms with Gasteiger partial charge in [0.2, 0.25) is 21.8 Å². The van der Waals surface area contributed by atoms with Crippen molar-refractivity contribution in [3.05, 3.63) is 30.1 Å². The van der Waals surface area contributed by atoms with Gasteiger partial charge in [0.1, 0.15) is 0 Å². The first-order valence-corrected chi connectivity index (χ1v) is 8.76. The zero-order valence-corrected chi connectivity index (χ0v) is 13.2. The van der Waals surface area contributed by atoms with E-state index in [1.165, 1.54) is 0 Å². The van der Waals surface area contributed by atoms with Crippen molar-refractivity contribution in [1.29, 1.82) is 0 Å². The third-order valence-electron chi connectivity index (χ3n) is 3.36. The Morgan fingerprint density at radius 2 is 1.95 bits per heavy atom. The van der Waals surface area contributed by atoms with E-state index in [9.17, 15) is 18.0 Å². The van der Waals surface area contributed by atoms with Crippen LogP contribution in [0.5, 0.6) is 0 Å². The summed E-state index contributed by atoms with van der Waals surface area (Å²) < 4.78 is 26.6. The van der Waals surface area contributed by atoms with Crippen molar-refractivity contribution in [2.75, 3.05) is 12.3 Å². The van der Waals surface area contributed by atoms with E-state index in [0.29, 0.717) is 6.42 Å². The SMILES string of the molecule is C[C@@H](Cc1ccccn1)NS(=O)(=O)CCN1C(=O)CCC1=O. The van der Waals surface area contributed by atoms with Crippen LogP contribution in [0.25, 0.3) is 0 Å². The second-order valence-corrected chi connectivity index (χ2v) is 7.18. The van der Waals surface area contributed by atoms with Crippen LogP contribution in [-0.4, -0.2) is 48.5 Å². The first-order valence-electron chi connectivity index (χ1n) is 7.10. The molecular weight excluding hydrogens is 306 g/mol. The number of nitrogens with one attached hydrogen (secondary N) is 1. The molecule has 1 atom stereocenters. The number of aromatic nitrogens is 1. The Balaban J connectivity index is 1.85. The van der Waals surface area contributed by atoms with E-state index in [1.807, 2.05) is 12.1 Å². The van der Waals surface area contributed by atoms with Gasteiger partial charge in [0.05, 0.1) is 5.75 Å². The van der Waals surface area contributed by atoms with E-state index >= 15 is 0 Å². The van der Waals surface area contributed by atoms with Gasteiger partial charge in [0, 0.05) is 43.7 Å². The fourth-order valence-electron chi connectivity index (χ4n) is 2.32. The highest BCUT2D eigenvalue weighted by Crippen LogP contribution is 2.11. The molecule has 0 spiro atoms. The summed E-state index contributed by atoms with van der Waals surface area (Å²) in [5.74, 6) is -0.889. The van der Waals surface area contributed by atoms with Crippen molar-refractivity contribution in [3.8, 4) is 0 Å². The van der Waals surface area contributed by atoms with E-state index in [2.05, 4.69) is 9.71 Å². The molecule has 1 fully saturated rings. The highest BCUT2D eigenvalue weighted by atomic mass is 32.2. The Hall–Kier alpha value is -1.80. The molecule has 1 aliphatic rings. The highest BCUT2D eigenvalue weighted by Gasteiger charge is 2.30. The minimum atomic E-state index is -3.56. The summed E-state index contributed by atoms with van der Waals surface area (Å²) in [5.41, 5.74) is 0.794. The molecule has 0 saturated carbocycles. The number of hydrogen-bond acceptors (Lipinski definition) is 5. The lowest BCUT2D eigenvalue weighted by atomic mass is 10.2. The Kier molecular flexibility index (Phi) is 5.25. The topological polar surface area (TPSA) is 96.4 Å². The molecule has 2 amide bonds. The Labute approximate surface area is 129 Å². The number of imide groups is 1. The van der Waals surface area contributed by atoms with Crippen molar-refractivity contribution in [3.63, 3.8) is 0 Å². The smallest absolute Gasteiger partial charge is 0.229 e. The summed E-state index contributed by atoms with van der Waals surface area (Å²) in [5, 5.41) is 0. The molecule has 0 aromatic carbocycles. The van der Waals surface area contributed by atoms with E-state index < -0.39 is 10.0 Å². The Morgan fingerprint density at radius 3 is 2.55 bits per heavy atom. The van der Waals surface area contributed by atoms with Crippen LogP contribution in [0.4, 0.5) is 0 Å². The molecular formula is C14H19N3O4S. The van der Waals surface area contributed by atoms with Gasteiger partial charge in [0.25, 0.3) is 0 Å². The first kappa shape index (κ1) is 16.6. The normalized spacial score (nSPS) is 17.0. The number of carbonyl (C=O) groups excluding carboxylic acids is 2. The predicted octanol–water partition coefficient (Wildman–Crippen LogP) is 0.0810. The van der Waals surface area contributed by atoms with Gasteiger partial charge in [-0.3, -0.25) is 19.5 Å². The largest absolute Gasteiger partial charge is 0.282 e. The number of likely N-dealkylation sites (tertiary alicyclic amines) is 1. The van der Waals surface area contributed by atoms with Gasteiger partial charge >= 0.3 is 0 Å². The zero-order chi connectivity index (χ0) is 16.2. The molecule has 2 heterocycles. The number of pyridine rings is 1. The average molecular weight is 325 g/mol. The third kappa shape index (κ3) is 4.60. The molecule has 1 aromatic heterocycles. The van der Waals surface area contributed by atoms with Crippen LogP contribution < -0.4 is 4.72 Å². The van der Waals surface area contributed by atoms with Gasteiger partial charge in [-0.05, 0) is 19.1 Å². The molecule has 0 radical (unpaired) electrons. The second-order valence-electron chi connectivity index (χ2n) is 5.30. The molecule has 120 valence electrons. The molecule has 1 N–H and O–H groups in total. The standard InChI is InChI=1S/C14H19N3O4S/c1-11(10-12-4-2-3-7-15-12)16-22(20,21)9-8-17-13(18)5-6-14(17)19/h2-4,7,11,16H,5-6,8-10H2,1H3/t11-/m0/s1. The number of hydrogen-bond donors (Lipinski definition) is 1. The maximum Gasteiger partial charge on any atom is 0.229 e. The fraction of sp³-hybridized carbons (Fsp3) is 0.500. The molecule has 22 heavy (non-hydrogen) atoms. The molecule has 1 saturated heterocycles. The van der Waals surface area contributed by atoms with Gasteiger partial charge in [-0.25, -0.2) is 13.1 Å². The van der Waals surface area contributed by atoms with Gasteiger partial charge < -0.3 is 0 Å². The number of sulfonamides is 1. The molecule has 1 aromatic rings. The number of amides is 2. The van der Waals surface area contributed by atoms with E-state index in [-0.39, 0.29) is 43.0 Å². The van der Waals surface area contributed by atoms with Crippen LogP contribution in [0.15, 0.2) is 24.4 Å². The molecule has 1 aliphatic heterocycles. The Bertz CT molecular complexity index is 629. The lowest BCUT2D eigenvalue weighted by Gasteiger charge is -2.17. The van der Waals surface area contributed by atoms with E-state index in [1.54, 1.807) is 19.2 Å². The maximum atomic E-state index is 12.0. The maximum absolute atomic E-state index is 12.0. The third-order valence-corrected chi connectivity index (χ3v) is 4.84. The molecule has 8 heteroatoms. The van der Waals surface area contributed by atoms with Crippen LogP contribution in [0.1, 0.15) is 25.5 Å². The summed E-state index contributed by atoms with van der Waals surface area (Å²) in [7, 11) is -3.56. The lowest BCUT2D eigenvalue weighted by molar-refractivity contribution is -0.137. The first-order chi connectivity index (χ1) is 10.4. The van der Waals surface area contributed by atoms with Crippen molar-refractivity contribution < 1.29 is 18.0 Å². The van der Waals surface area contributed by atoms with Gasteiger partial charge in [-0.1, -0.05) is 6.07 Å². The Morgan fingerprint density at radius 1 is 1.27 bits per heavy atom. The highest BCUT2D eigenvalue weighted by molar-refractivity contribution is 7.89. The predicted molar refractivity (Wildman–Crippen MR) is 80.3 cm³/mol. The van der Waals surface area contributed by atoms with Crippen LogP contribution in [-0.2, 0) is 26.0 Å². The minimum absolute atomic E-state index is 0.0939. The molecule has 0 bridgehead atoms. The van der Waals surface area contributed by atoms with E-state index in [0.717, 1.165) is 10.6 Å². The van der Waals surface area contributed by atoms with Gasteiger partial charge in [-0.2, -0.15) is 0 Å². The number of rotatable bonds is 7. The summed E-state index contributed by atoms with van der Waals surface area (Å²) in [6, 6.07) is 5.15. The zero-order valence-electron chi connectivity index (χ0n) is 12.4. The van der Waals surface area contributed by atoms with E-state index in [4.69, 9.17) is 0 Å². The fourth-order valence-corrected chi connectivity index (χ4v) is 3.56.